The number of benzene rings is 1. The topological polar surface area (TPSA) is 82.7 Å². The summed E-state index contributed by atoms with van der Waals surface area (Å²) in [5.74, 6) is 0.402. The SMILES string of the molecule is C[C@@H](NCCCCNCCN1CC(=O)NC1=O)c1ccc(F)c(OCC2CC2)c1. The van der Waals surface area contributed by atoms with Crippen molar-refractivity contribution < 1.29 is 18.7 Å². The van der Waals surface area contributed by atoms with E-state index in [4.69, 9.17) is 4.74 Å². The summed E-state index contributed by atoms with van der Waals surface area (Å²) in [6.07, 6.45) is 4.37. The highest BCUT2D eigenvalue weighted by Gasteiger charge is 2.25. The lowest BCUT2D eigenvalue weighted by atomic mass is 10.1. The Hall–Kier alpha value is -2.19. The van der Waals surface area contributed by atoms with E-state index in [0.717, 1.165) is 31.5 Å². The second-order valence-corrected chi connectivity index (χ2v) is 7.85. The zero-order valence-electron chi connectivity index (χ0n) is 17.0. The number of carbonyl (C=O) groups excluding carboxylic acids is 2. The van der Waals surface area contributed by atoms with Gasteiger partial charge in [0.05, 0.1) is 6.61 Å². The van der Waals surface area contributed by atoms with Crippen molar-refractivity contribution in [2.75, 3.05) is 39.3 Å². The molecule has 0 aromatic heterocycles. The smallest absolute Gasteiger partial charge is 0.324 e. The minimum absolute atomic E-state index is 0.123. The number of nitrogens with one attached hydrogen (secondary N) is 3. The van der Waals surface area contributed by atoms with Gasteiger partial charge in [-0.05, 0) is 69.3 Å². The maximum absolute atomic E-state index is 13.9. The predicted molar refractivity (Wildman–Crippen MR) is 108 cm³/mol. The molecule has 8 heteroatoms. The summed E-state index contributed by atoms with van der Waals surface area (Å²) in [5.41, 5.74) is 1.02. The van der Waals surface area contributed by atoms with Crippen LogP contribution in [0.4, 0.5) is 9.18 Å². The van der Waals surface area contributed by atoms with Crippen molar-refractivity contribution in [1.82, 2.24) is 20.9 Å². The van der Waals surface area contributed by atoms with E-state index < -0.39 is 0 Å². The summed E-state index contributed by atoms with van der Waals surface area (Å²) in [6.45, 7) is 5.74. The third-order valence-electron chi connectivity index (χ3n) is 5.28. The first-order valence-electron chi connectivity index (χ1n) is 10.5. The van der Waals surface area contributed by atoms with Gasteiger partial charge in [0, 0.05) is 19.1 Å². The minimum Gasteiger partial charge on any atom is -0.490 e. The van der Waals surface area contributed by atoms with Crippen molar-refractivity contribution in [3.8, 4) is 5.75 Å². The second-order valence-electron chi connectivity index (χ2n) is 7.85. The molecule has 1 atom stereocenters. The molecule has 2 fully saturated rings. The molecular formula is C21H31FN4O3. The van der Waals surface area contributed by atoms with Gasteiger partial charge in [-0.2, -0.15) is 0 Å². The van der Waals surface area contributed by atoms with Crippen molar-refractivity contribution in [2.45, 2.75) is 38.6 Å². The fraction of sp³-hybridized carbons (Fsp3) is 0.619. The molecule has 3 rings (SSSR count). The molecule has 1 heterocycles. The molecule has 0 radical (unpaired) electrons. The van der Waals surface area contributed by atoms with E-state index >= 15 is 0 Å². The fourth-order valence-corrected chi connectivity index (χ4v) is 3.21. The van der Waals surface area contributed by atoms with Gasteiger partial charge in [-0.3, -0.25) is 10.1 Å². The molecule has 3 amide bonds. The van der Waals surface area contributed by atoms with Gasteiger partial charge in [0.15, 0.2) is 11.6 Å². The van der Waals surface area contributed by atoms with Crippen LogP contribution in [0.5, 0.6) is 5.75 Å². The van der Waals surface area contributed by atoms with Crippen molar-refractivity contribution in [2.24, 2.45) is 5.92 Å². The van der Waals surface area contributed by atoms with Crippen LogP contribution in [0, 0.1) is 11.7 Å². The van der Waals surface area contributed by atoms with Crippen LogP contribution in [0.15, 0.2) is 18.2 Å². The number of halogens is 1. The largest absolute Gasteiger partial charge is 0.490 e. The van der Waals surface area contributed by atoms with E-state index in [1.54, 1.807) is 12.1 Å². The number of amides is 3. The molecule has 2 aliphatic rings. The normalized spacial score (nSPS) is 17.5. The number of carbonyl (C=O) groups is 2. The number of hydrogen-bond donors (Lipinski definition) is 3. The Balaban J connectivity index is 1.26. The third-order valence-corrected chi connectivity index (χ3v) is 5.28. The quantitative estimate of drug-likeness (QED) is 0.346. The summed E-state index contributed by atoms with van der Waals surface area (Å²) in [4.78, 5) is 24.0. The first-order chi connectivity index (χ1) is 14.0. The van der Waals surface area contributed by atoms with Crippen LogP contribution in [0.1, 0.15) is 44.2 Å². The number of rotatable bonds is 13. The van der Waals surface area contributed by atoms with Gasteiger partial charge in [-0.25, -0.2) is 9.18 Å². The highest BCUT2D eigenvalue weighted by atomic mass is 19.1. The molecule has 1 aliphatic carbocycles. The van der Waals surface area contributed by atoms with E-state index in [1.165, 1.54) is 23.8 Å². The molecule has 1 aromatic carbocycles. The fourth-order valence-electron chi connectivity index (χ4n) is 3.21. The molecule has 0 unspecified atom stereocenters. The zero-order valence-corrected chi connectivity index (χ0v) is 17.0. The highest BCUT2D eigenvalue weighted by Crippen LogP contribution is 2.31. The number of hydrogen-bond acceptors (Lipinski definition) is 5. The summed E-state index contributed by atoms with van der Waals surface area (Å²) in [6, 6.07) is 4.90. The molecule has 3 N–H and O–H groups in total. The molecule has 1 aliphatic heterocycles. The molecule has 1 saturated carbocycles. The molecule has 160 valence electrons. The Kier molecular flexibility index (Phi) is 7.83. The van der Waals surface area contributed by atoms with Crippen LogP contribution in [-0.2, 0) is 4.79 Å². The molecule has 0 bridgehead atoms. The Morgan fingerprint density at radius 2 is 2.03 bits per heavy atom. The first kappa shape index (κ1) is 21.5. The van der Waals surface area contributed by atoms with Crippen LogP contribution in [0.3, 0.4) is 0 Å². The highest BCUT2D eigenvalue weighted by molar-refractivity contribution is 6.01. The average molecular weight is 407 g/mol. The van der Waals surface area contributed by atoms with Crippen molar-refractivity contribution in [3.05, 3.63) is 29.6 Å². The molecule has 1 aromatic rings. The number of unbranched alkanes of at least 4 members (excludes halogenated alkanes) is 1. The van der Waals surface area contributed by atoms with Crippen molar-refractivity contribution in [3.63, 3.8) is 0 Å². The molecule has 7 nitrogen and oxygen atoms in total. The van der Waals surface area contributed by atoms with E-state index in [-0.39, 0.29) is 30.3 Å². The monoisotopic (exact) mass is 406 g/mol. The first-order valence-corrected chi connectivity index (χ1v) is 10.5. The van der Waals surface area contributed by atoms with E-state index in [9.17, 15) is 14.0 Å². The number of imide groups is 1. The molecule has 1 saturated heterocycles. The van der Waals surface area contributed by atoms with Gasteiger partial charge in [0.25, 0.3) is 0 Å². The Labute approximate surface area is 171 Å². The summed E-state index contributed by atoms with van der Waals surface area (Å²) >= 11 is 0. The lowest BCUT2D eigenvalue weighted by Gasteiger charge is -2.16. The second kappa shape index (κ2) is 10.5. The van der Waals surface area contributed by atoms with E-state index in [0.29, 0.717) is 31.4 Å². The number of urea groups is 1. The Morgan fingerprint density at radius 3 is 2.76 bits per heavy atom. The van der Waals surface area contributed by atoms with Crippen LogP contribution in [0.25, 0.3) is 0 Å². The van der Waals surface area contributed by atoms with Gasteiger partial charge in [0.1, 0.15) is 6.54 Å². The van der Waals surface area contributed by atoms with Crippen LogP contribution >= 0.6 is 0 Å². The summed E-state index contributed by atoms with van der Waals surface area (Å²) in [7, 11) is 0. The van der Waals surface area contributed by atoms with Crippen LogP contribution in [0.2, 0.25) is 0 Å². The zero-order chi connectivity index (χ0) is 20.6. The van der Waals surface area contributed by atoms with Crippen molar-refractivity contribution in [1.29, 1.82) is 0 Å². The standard InChI is InChI=1S/C21H31FN4O3/c1-15(17-6-7-18(22)19(12-17)29-14-16-4-5-16)24-9-3-2-8-23-10-11-26-13-20(27)25-21(26)28/h6-7,12,15-16,23-24H,2-5,8-11,13-14H2,1H3,(H,25,27,28)/t15-/m1/s1. The lowest BCUT2D eigenvalue weighted by Crippen LogP contribution is -2.35. The van der Waals surface area contributed by atoms with Gasteiger partial charge in [-0.1, -0.05) is 6.07 Å². The number of ether oxygens (including phenoxy) is 1. The van der Waals surface area contributed by atoms with Crippen molar-refractivity contribution >= 4 is 11.9 Å². The van der Waals surface area contributed by atoms with Gasteiger partial charge in [-0.15, -0.1) is 0 Å². The maximum Gasteiger partial charge on any atom is 0.324 e. The Morgan fingerprint density at radius 1 is 1.24 bits per heavy atom. The summed E-state index contributed by atoms with van der Waals surface area (Å²) < 4.78 is 19.5. The molecule has 0 spiro atoms. The van der Waals surface area contributed by atoms with E-state index in [2.05, 4.69) is 22.9 Å². The minimum atomic E-state index is -0.308. The summed E-state index contributed by atoms with van der Waals surface area (Å²) in [5, 5.41) is 9.02. The maximum atomic E-state index is 13.9. The van der Waals surface area contributed by atoms with Gasteiger partial charge in [0.2, 0.25) is 5.91 Å². The van der Waals surface area contributed by atoms with E-state index in [1.807, 2.05) is 0 Å². The van der Waals surface area contributed by atoms with Crippen LogP contribution in [-0.4, -0.2) is 56.2 Å². The van der Waals surface area contributed by atoms with Crippen LogP contribution < -0.4 is 20.7 Å². The Bertz CT molecular complexity index is 711. The molecule has 29 heavy (non-hydrogen) atoms. The third kappa shape index (κ3) is 6.97. The van der Waals surface area contributed by atoms with Gasteiger partial charge < -0.3 is 20.3 Å². The predicted octanol–water partition coefficient (Wildman–Crippen LogP) is 2.19. The molecular weight excluding hydrogens is 375 g/mol. The lowest BCUT2D eigenvalue weighted by molar-refractivity contribution is -0.118. The van der Waals surface area contributed by atoms with Gasteiger partial charge >= 0.3 is 6.03 Å². The number of nitrogens with zero attached hydrogens (tertiary/aromatic N) is 1. The average Bonchev–Trinajstić information content (AvgIpc) is 3.47.